The first kappa shape index (κ1) is 17.7. The normalized spacial score (nSPS) is 17.1. The quantitative estimate of drug-likeness (QED) is 0.492. The van der Waals surface area contributed by atoms with Crippen molar-refractivity contribution in [3.8, 4) is 22.8 Å². The van der Waals surface area contributed by atoms with E-state index in [9.17, 15) is 4.39 Å². The van der Waals surface area contributed by atoms with E-state index in [0.29, 0.717) is 34.2 Å². The van der Waals surface area contributed by atoms with Crippen LogP contribution in [0, 0.1) is 11.7 Å². The van der Waals surface area contributed by atoms with Crippen LogP contribution in [0.4, 0.5) is 10.2 Å². The summed E-state index contributed by atoms with van der Waals surface area (Å²) in [6, 6.07) is 4.38. The highest BCUT2D eigenvalue weighted by molar-refractivity contribution is 5.81. The number of aromatic nitrogens is 6. The summed E-state index contributed by atoms with van der Waals surface area (Å²) in [7, 11) is 0. The summed E-state index contributed by atoms with van der Waals surface area (Å²) in [5.41, 5.74) is 9.23. The van der Waals surface area contributed by atoms with Crippen molar-refractivity contribution in [3.05, 3.63) is 42.6 Å². The number of rotatable bonds is 4. The predicted octanol–water partition coefficient (Wildman–Crippen LogP) is 2.60. The van der Waals surface area contributed by atoms with Crippen molar-refractivity contribution in [3.63, 3.8) is 0 Å². The molecular formula is C20H21FN8. The number of aromatic amines is 1. The van der Waals surface area contributed by atoms with E-state index in [1.807, 2.05) is 10.9 Å². The summed E-state index contributed by atoms with van der Waals surface area (Å²) in [5.74, 6) is 0.966. The van der Waals surface area contributed by atoms with Crippen LogP contribution in [0.15, 0.2) is 36.8 Å². The number of nitrogens with one attached hydrogen (secondary N) is 2. The van der Waals surface area contributed by atoms with Crippen LogP contribution in [0.25, 0.3) is 33.8 Å². The van der Waals surface area contributed by atoms with E-state index in [2.05, 4.69) is 30.4 Å². The monoisotopic (exact) mass is 392 g/mol. The third kappa shape index (κ3) is 3.56. The number of nitrogen functional groups attached to an aromatic ring is 1. The highest BCUT2D eigenvalue weighted by Crippen LogP contribution is 2.26. The standard InChI is InChI=1S/C20H21FN8/c21-14-3-4-15-16(6-14)28-20(27-15)18-19(22)24-9-17(26-18)13-8-25-29(11-13)10-12-2-1-5-23-7-12/h3-4,6,8-9,11-12,23H,1-2,5,7,10H2,(H2,22,24)(H,27,28). The molecule has 0 bridgehead atoms. The zero-order valence-electron chi connectivity index (χ0n) is 15.8. The maximum atomic E-state index is 13.5. The van der Waals surface area contributed by atoms with Crippen LogP contribution in [0.2, 0.25) is 0 Å². The number of piperidine rings is 1. The van der Waals surface area contributed by atoms with Crippen LogP contribution in [-0.4, -0.2) is 42.8 Å². The third-order valence-corrected chi connectivity index (χ3v) is 5.24. The van der Waals surface area contributed by atoms with Gasteiger partial charge in [0.1, 0.15) is 11.5 Å². The Bertz CT molecular complexity index is 1160. The van der Waals surface area contributed by atoms with Crippen molar-refractivity contribution in [1.29, 1.82) is 0 Å². The molecule has 1 aliphatic heterocycles. The van der Waals surface area contributed by atoms with E-state index >= 15 is 0 Å². The lowest BCUT2D eigenvalue weighted by Gasteiger charge is -2.22. The van der Waals surface area contributed by atoms with Crippen molar-refractivity contribution in [1.82, 2.24) is 35.0 Å². The number of H-pyrrole nitrogens is 1. The Morgan fingerprint density at radius 1 is 1.24 bits per heavy atom. The van der Waals surface area contributed by atoms with E-state index in [4.69, 9.17) is 5.73 Å². The Morgan fingerprint density at radius 2 is 2.17 bits per heavy atom. The van der Waals surface area contributed by atoms with Crippen LogP contribution in [0.5, 0.6) is 0 Å². The van der Waals surface area contributed by atoms with Crippen molar-refractivity contribution in [2.45, 2.75) is 19.4 Å². The number of fused-ring (bicyclic) bond motifs is 1. The van der Waals surface area contributed by atoms with Gasteiger partial charge in [-0.05, 0) is 50.0 Å². The largest absolute Gasteiger partial charge is 0.382 e. The summed E-state index contributed by atoms with van der Waals surface area (Å²) in [4.78, 5) is 16.5. The van der Waals surface area contributed by atoms with Crippen LogP contribution in [0.1, 0.15) is 12.8 Å². The van der Waals surface area contributed by atoms with E-state index in [1.165, 1.54) is 25.0 Å². The number of nitrogens with zero attached hydrogens (tertiary/aromatic N) is 5. The zero-order valence-corrected chi connectivity index (χ0v) is 15.8. The SMILES string of the molecule is Nc1ncc(-c2cnn(CC3CCCNC3)c2)nc1-c1nc2ccc(F)cc2[nH]1. The first-order valence-electron chi connectivity index (χ1n) is 9.67. The minimum atomic E-state index is -0.332. The van der Waals surface area contributed by atoms with Gasteiger partial charge in [0.25, 0.3) is 0 Å². The molecule has 0 saturated carbocycles. The molecule has 1 fully saturated rings. The lowest BCUT2D eigenvalue weighted by atomic mass is 10.00. The fraction of sp³-hybridized carbons (Fsp3) is 0.300. The van der Waals surface area contributed by atoms with Gasteiger partial charge in [-0.15, -0.1) is 0 Å². The fourth-order valence-electron chi connectivity index (χ4n) is 3.75. The molecule has 4 aromatic rings. The van der Waals surface area contributed by atoms with Gasteiger partial charge in [0.2, 0.25) is 0 Å². The van der Waals surface area contributed by atoms with Gasteiger partial charge in [-0.1, -0.05) is 0 Å². The van der Waals surface area contributed by atoms with Gasteiger partial charge in [0.05, 0.1) is 29.1 Å². The van der Waals surface area contributed by atoms with Crippen LogP contribution in [0.3, 0.4) is 0 Å². The molecule has 0 radical (unpaired) electrons. The first-order chi connectivity index (χ1) is 14.2. The minimum Gasteiger partial charge on any atom is -0.382 e. The second-order valence-electron chi connectivity index (χ2n) is 7.40. The molecule has 5 rings (SSSR count). The third-order valence-electron chi connectivity index (χ3n) is 5.24. The molecule has 4 heterocycles. The van der Waals surface area contributed by atoms with Crippen LogP contribution in [-0.2, 0) is 6.54 Å². The molecule has 1 aromatic carbocycles. The molecule has 0 aliphatic carbocycles. The van der Waals surface area contributed by atoms with Crippen molar-refractivity contribution >= 4 is 16.9 Å². The Labute approximate surface area is 166 Å². The summed E-state index contributed by atoms with van der Waals surface area (Å²) in [6.45, 7) is 2.99. The van der Waals surface area contributed by atoms with Crippen molar-refractivity contribution < 1.29 is 4.39 Å². The predicted molar refractivity (Wildman–Crippen MR) is 108 cm³/mol. The molecule has 29 heavy (non-hydrogen) atoms. The molecule has 0 amide bonds. The molecule has 1 atom stereocenters. The van der Waals surface area contributed by atoms with Gasteiger partial charge in [-0.25, -0.2) is 19.3 Å². The highest BCUT2D eigenvalue weighted by atomic mass is 19.1. The number of anilines is 1. The maximum absolute atomic E-state index is 13.5. The maximum Gasteiger partial charge on any atom is 0.161 e. The lowest BCUT2D eigenvalue weighted by molar-refractivity contribution is 0.325. The fourth-order valence-corrected chi connectivity index (χ4v) is 3.75. The van der Waals surface area contributed by atoms with Gasteiger partial charge in [-0.3, -0.25) is 4.68 Å². The van der Waals surface area contributed by atoms with E-state index < -0.39 is 0 Å². The van der Waals surface area contributed by atoms with Crippen LogP contribution >= 0.6 is 0 Å². The number of hydrogen-bond acceptors (Lipinski definition) is 6. The number of hydrogen-bond donors (Lipinski definition) is 3. The summed E-state index contributed by atoms with van der Waals surface area (Å²) in [5, 5.41) is 7.91. The molecule has 4 N–H and O–H groups in total. The molecule has 3 aromatic heterocycles. The van der Waals surface area contributed by atoms with Gasteiger partial charge in [0.15, 0.2) is 11.6 Å². The Kier molecular flexibility index (Phi) is 4.44. The topological polar surface area (TPSA) is 110 Å². The molecule has 1 aliphatic rings. The van der Waals surface area contributed by atoms with Gasteiger partial charge < -0.3 is 16.0 Å². The van der Waals surface area contributed by atoms with Gasteiger partial charge in [-0.2, -0.15) is 5.10 Å². The molecule has 148 valence electrons. The Balaban J connectivity index is 1.44. The molecule has 8 nitrogen and oxygen atoms in total. The number of benzene rings is 1. The average molecular weight is 392 g/mol. The van der Waals surface area contributed by atoms with E-state index in [1.54, 1.807) is 18.5 Å². The molecule has 1 saturated heterocycles. The molecule has 9 heteroatoms. The first-order valence-corrected chi connectivity index (χ1v) is 9.67. The number of imidazole rings is 1. The molecule has 1 unspecified atom stereocenters. The molecular weight excluding hydrogens is 371 g/mol. The average Bonchev–Trinajstić information content (AvgIpc) is 3.36. The Hall–Kier alpha value is -3.33. The van der Waals surface area contributed by atoms with Gasteiger partial charge in [0, 0.05) is 18.3 Å². The van der Waals surface area contributed by atoms with Crippen molar-refractivity contribution in [2.24, 2.45) is 5.92 Å². The van der Waals surface area contributed by atoms with Gasteiger partial charge >= 0.3 is 0 Å². The number of halogens is 1. The van der Waals surface area contributed by atoms with E-state index in [-0.39, 0.29) is 11.6 Å². The Morgan fingerprint density at radius 3 is 3.03 bits per heavy atom. The second kappa shape index (κ2) is 7.25. The lowest BCUT2D eigenvalue weighted by Crippen LogP contribution is -2.32. The summed E-state index contributed by atoms with van der Waals surface area (Å²) >= 11 is 0. The van der Waals surface area contributed by atoms with Crippen molar-refractivity contribution in [2.75, 3.05) is 18.8 Å². The summed E-state index contributed by atoms with van der Waals surface area (Å²) in [6.07, 6.45) is 7.80. The zero-order chi connectivity index (χ0) is 19.8. The highest BCUT2D eigenvalue weighted by Gasteiger charge is 2.16. The summed E-state index contributed by atoms with van der Waals surface area (Å²) < 4.78 is 15.4. The molecule has 0 spiro atoms. The number of nitrogens with two attached hydrogens (primary N) is 1. The van der Waals surface area contributed by atoms with E-state index in [0.717, 1.165) is 25.2 Å². The second-order valence-corrected chi connectivity index (χ2v) is 7.40. The minimum absolute atomic E-state index is 0.258. The smallest absolute Gasteiger partial charge is 0.161 e. The van der Waals surface area contributed by atoms with Crippen LogP contribution < -0.4 is 11.1 Å².